The molecule has 0 aliphatic carbocycles. The number of ether oxygens (including phenoxy) is 1. The third-order valence-corrected chi connectivity index (χ3v) is 5.19. The van der Waals surface area contributed by atoms with Gasteiger partial charge in [-0.25, -0.2) is 4.98 Å². The molecule has 7 heteroatoms. The highest BCUT2D eigenvalue weighted by molar-refractivity contribution is 7.14. The molecular formula is C19H23N3O3S. The summed E-state index contributed by atoms with van der Waals surface area (Å²) in [5.41, 5.74) is 2.65. The van der Waals surface area contributed by atoms with E-state index < -0.39 is 0 Å². The number of amides is 2. The minimum atomic E-state index is -0.192. The van der Waals surface area contributed by atoms with Gasteiger partial charge in [0.15, 0.2) is 5.13 Å². The Morgan fingerprint density at radius 3 is 2.50 bits per heavy atom. The molecule has 1 aliphatic heterocycles. The first-order valence-electron chi connectivity index (χ1n) is 8.69. The van der Waals surface area contributed by atoms with Crippen LogP contribution in [-0.2, 0) is 4.79 Å². The normalized spacial score (nSPS) is 15.0. The zero-order valence-corrected chi connectivity index (χ0v) is 16.1. The number of aryl methyl sites for hydroxylation is 2. The number of hydrogen-bond acceptors (Lipinski definition) is 5. The van der Waals surface area contributed by atoms with Crippen molar-refractivity contribution in [2.24, 2.45) is 0 Å². The van der Waals surface area contributed by atoms with E-state index in [1.54, 1.807) is 10.3 Å². The standard InChI is InChI=1S/C19H23N3O3S/c1-12-5-4-6-13(2)17(12)25-15-7-9-22(10-8-15)18(24)16-11-26-19(21-16)20-14(3)23/h4-6,11,15H,7-10H2,1-3H3,(H,20,21,23). The van der Waals surface area contributed by atoms with Crippen LogP contribution in [-0.4, -0.2) is 40.9 Å². The summed E-state index contributed by atoms with van der Waals surface area (Å²) in [7, 11) is 0. The number of para-hydroxylation sites is 1. The van der Waals surface area contributed by atoms with Crippen LogP contribution in [0.2, 0.25) is 0 Å². The first-order chi connectivity index (χ1) is 12.4. The smallest absolute Gasteiger partial charge is 0.273 e. The maximum absolute atomic E-state index is 12.6. The fraction of sp³-hybridized carbons (Fsp3) is 0.421. The molecule has 6 nitrogen and oxygen atoms in total. The van der Waals surface area contributed by atoms with Crippen molar-refractivity contribution in [3.05, 3.63) is 40.4 Å². The molecule has 1 N–H and O–H groups in total. The zero-order chi connectivity index (χ0) is 18.7. The van der Waals surface area contributed by atoms with E-state index in [0.717, 1.165) is 29.7 Å². The second-order valence-electron chi connectivity index (χ2n) is 6.55. The number of anilines is 1. The number of likely N-dealkylation sites (tertiary alicyclic amines) is 1. The van der Waals surface area contributed by atoms with Gasteiger partial charge in [0.25, 0.3) is 5.91 Å². The average molecular weight is 373 g/mol. The maximum atomic E-state index is 12.6. The molecule has 0 atom stereocenters. The number of carbonyl (C=O) groups is 2. The predicted molar refractivity (Wildman–Crippen MR) is 102 cm³/mol. The first-order valence-corrected chi connectivity index (χ1v) is 9.57. The van der Waals surface area contributed by atoms with Crippen molar-refractivity contribution < 1.29 is 14.3 Å². The van der Waals surface area contributed by atoms with E-state index >= 15 is 0 Å². The van der Waals surface area contributed by atoms with Crippen molar-refractivity contribution in [2.45, 2.75) is 39.7 Å². The molecule has 0 radical (unpaired) electrons. The Morgan fingerprint density at radius 1 is 1.23 bits per heavy atom. The Balaban J connectivity index is 1.57. The van der Waals surface area contributed by atoms with Crippen LogP contribution in [0.4, 0.5) is 5.13 Å². The molecule has 1 aromatic carbocycles. The second-order valence-corrected chi connectivity index (χ2v) is 7.41. The van der Waals surface area contributed by atoms with E-state index in [2.05, 4.69) is 36.3 Å². The van der Waals surface area contributed by atoms with Crippen LogP contribution in [0.1, 0.15) is 41.4 Å². The predicted octanol–water partition coefficient (Wildman–Crippen LogP) is 3.40. The van der Waals surface area contributed by atoms with E-state index in [1.807, 2.05) is 6.07 Å². The third kappa shape index (κ3) is 4.22. The first kappa shape index (κ1) is 18.4. The van der Waals surface area contributed by atoms with Gasteiger partial charge >= 0.3 is 0 Å². The lowest BCUT2D eigenvalue weighted by atomic mass is 10.1. The summed E-state index contributed by atoms with van der Waals surface area (Å²) in [6.07, 6.45) is 1.70. The molecule has 0 saturated carbocycles. The summed E-state index contributed by atoms with van der Waals surface area (Å²) in [5, 5.41) is 4.75. The quantitative estimate of drug-likeness (QED) is 0.892. The van der Waals surface area contributed by atoms with Crippen LogP contribution in [0.25, 0.3) is 0 Å². The summed E-state index contributed by atoms with van der Waals surface area (Å²) >= 11 is 1.26. The van der Waals surface area contributed by atoms with E-state index in [1.165, 1.54) is 18.3 Å². The number of thiazole rings is 1. The van der Waals surface area contributed by atoms with Crippen LogP contribution < -0.4 is 10.1 Å². The molecule has 2 aromatic rings. The van der Waals surface area contributed by atoms with Gasteiger partial charge in [0.1, 0.15) is 17.5 Å². The Labute approximate surface area is 157 Å². The summed E-state index contributed by atoms with van der Waals surface area (Å²) < 4.78 is 6.20. The van der Waals surface area contributed by atoms with Gasteiger partial charge in [-0.15, -0.1) is 11.3 Å². The van der Waals surface area contributed by atoms with Gasteiger partial charge in [-0.05, 0) is 25.0 Å². The van der Waals surface area contributed by atoms with Gasteiger partial charge in [-0.2, -0.15) is 0 Å². The second kappa shape index (κ2) is 7.86. The number of hydrogen-bond donors (Lipinski definition) is 1. The maximum Gasteiger partial charge on any atom is 0.273 e. The SMILES string of the molecule is CC(=O)Nc1nc(C(=O)N2CCC(Oc3c(C)cccc3C)CC2)cs1. The van der Waals surface area contributed by atoms with E-state index in [9.17, 15) is 9.59 Å². The van der Waals surface area contributed by atoms with Gasteiger partial charge in [0, 0.05) is 38.2 Å². The molecule has 1 saturated heterocycles. The number of rotatable bonds is 4. The topological polar surface area (TPSA) is 71.5 Å². The monoisotopic (exact) mass is 373 g/mol. The molecule has 0 spiro atoms. The van der Waals surface area contributed by atoms with E-state index in [4.69, 9.17) is 4.74 Å². The van der Waals surface area contributed by atoms with E-state index in [0.29, 0.717) is 23.9 Å². The van der Waals surface area contributed by atoms with Crippen LogP contribution >= 0.6 is 11.3 Å². The molecule has 26 heavy (non-hydrogen) atoms. The minimum Gasteiger partial charge on any atom is -0.490 e. The Hall–Kier alpha value is -2.41. The highest BCUT2D eigenvalue weighted by Crippen LogP contribution is 2.27. The van der Waals surface area contributed by atoms with Crippen molar-refractivity contribution in [3.8, 4) is 5.75 Å². The average Bonchev–Trinajstić information content (AvgIpc) is 3.06. The number of aromatic nitrogens is 1. The molecule has 1 aliphatic rings. The molecule has 1 aromatic heterocycles. The minimum absolute atomic E-state index is 0.0941. The summed E-state index contributed by atoms with van der Waals surface area (Å²) in [5.74, 6) is 0.669. The van der Waals surface area contributed by atoms with Crippen molar-refractivity contribution in [3.63, 3.8) is 0 Å². The van der Waals surface area contributed by atoms with Crippen molar-refractivity contribution in [2.75, 3.05) is 18.4 Å². The number of carbonyl (C=O) groups excluding carboxylic acids is 2. The summed E-state index contributed by atoms with van der Waals surface area (Å²) in [6, 6.07) is 6.13. The molecule has 1 fully saturated rings. The lowest BCUT2D eigenvalue weighted by molar-refractivity contribution is -0.114. The Morgan fingerprint density at radius 2 is 1.88 bits per heavy atom. The lowest BCUT2D eigenvalue weighted by Crippen LogP contribution is -2.42. The highest BCUT2D eigenvalue weighted by atomic mass is 32.1. The molecule has 3 rings (SSSR count). The Kier molecular flexibility index (Phi) is 5.56. The fourth-order valence-electron chi connectivity index (χ4n) is 3.07. The number of piperidine rings is 1. The van der Waals surface area contributed by atoms with Crippen molar-refractivity contribution in [1.82, 2.24) is 9.88 Å². The van der Waals surface area contributed by atoms with Gasteiger partial charge in [-0.3, -0.25) is 9.59 Å². The van der Waals surface area contributed by atoms with E-state index in [-0.39, 0.29) is 17.9 Å². The molecule has 138 valence electrons. The fourth-order valence-corrected chi connectivity index (χ4v) is 3.80. The number of nitrogens with zero attached hydrogens (tertiary/aromatic N) is 2. The van der Waals surface area contributed by atoms with Crippen LogP contribution in [0.3, 0.4) is 0 Å². The van der Waals surface area contributed by atoms with Crippen LogP contribution in [0.5, 0.6) is 5.75 Å². The number of nitrogens with one attached hydrogen (secondary N) is 1. The third-order valence-electron chi connectivity index (χ3n) is 4.43. The molecule has 0 unspecified atom stereocenters. The van der Waals surface area contributed by atoms with Gasteiger partial charge < -0.3 is 15.0 Å². The zero-order valence-electron chi connectivity index (χ0n) is 15.2. The summed E-state index contributed by atoms with van der Waals surface area (Å²) in [6.45, 7) is 6.80. The summed E-state index contributed by atoms with van der Waals surface area (Å²) in [4.78, 5) is 29.7. The van der Waals surface area contributed by atoms with Gasteiger partial charge in [-0.1, -0.05) is 18.2 Å². The lowest BCUT2D eigenvalue weighted by Gasteiger charge is -2.32. The molecule has 2 heterocycles. The highest BCUT2D eigenvalue weighted by Gasteiger charge is 2.26. The van der Waals surface area contributed by atoms with Crippen LogP contribution in [0, 0.1) is 13.8 Å². The van der Waals surface area contributed by atoms with Crippen molar-refractivity contribution >= 4 is 28.3 Å². The molecular weight excluding hydrogens is 350 g/mol. The largest absolute Gasteiger partial charge is 0.490 e. The van der Waals surface area contributed by atoms with Gasteiger partial charge in [0.05, 0.1) is 0 Å². The van der Waals surface area contributed by atoms with Gasteiger partial charge in [0.2, 0.25) is 5.91 Å². The molecule has 0 bridgehead atoms. The molecule has 2 amide bonds. The van der Waals surface area contributed by atoms with Crippen LogP contribution in [0.15, 0.2) is 23.6 Å². The number of benzene rings is 1. The van der Waals surface area contributed by atoms with Crippen molar-refractivity contribution in [1.29, 1.82) is 0 Å². The Bertz CT molecular complexity index is 790.